The number of aryl methyl sites for hydroxylation is 1. The van der Waals surface area contributed by atoms with Gasteiger partial charge in [-0.2, -0.15) is 0 Å². The van der Waals surface area contributed by atoms with Gasteiger partial charge in [0.1, 0.15) is 12.4 Å². The molecular formula is C22H30BrNO. The molecule has 0 aliphatic rings. The van der Waals surface area contributed by atoms with Gasteiger partial charge < -0.3 is 10.1 Å². The smallest absolute Gasteiger partial charge is 0.124 e. The average molecular weight is 404 g/mol. The number of nitrogens with one attached hydrogen (secondary N) is 1. The van der Waals surface area contributed by atoms with E-state index in [0.717, 1.165) is 23.3 Å². The second-order valence-corrected chi connectivity index (χ2v) is 7.54. The van der Waals surface area contributed by atoms with E-state index in [1.54, 1.807) is 0 Å². The molecule has 3 heteroatoms. The minimum absolute atomic E-state index is 0.604. The first kappa shape index (κ1) is 20.0. The molecule has 0 aromatic heterocycles. The number of benzene rings is 2. The fourth-order valence-electron chi connectivity index (χ4n) is 2.87. The summed E-state index contributed by atoms with van der Waals surface area (Å²) in [5.74, 6) is 0.961. The molecule has 0 bridgehead atoms. The minimum Gasteiger partial charge on any atom is -0.489 e. The van der Waals surface area contributed by atoms with Crippen molar-refractivity contribution in [3.63, 3.8) is 0 Å². The molecule has 2 nitrogen and oxygen atoms in total. The zero-order valence-electron chi connectivity index (χ0n) is 15.5. The van der Waals surface area contributed by atoms with Crippen LogP contribution >= 0.6 is 15.9 Å². The highest BCUT2D eigenvalue weighted by atomic mass is 79.9. The highest BCUT2D eigenvalue weighted by Crippen LogP contribution is 2.24. The zero-order valence-corrected chi connectivity index (χ0v) is 17.1. The summed E-state index contributed by atoms with van der Waals surface area (Å²) >= 11 is 3.57. The Kier molecular flexibility index (Phi) is 9.06. The van der Waals surface area contributed by atoms with E-state index in [4.69, 9.17) is 4.74 Å². The molecule has 0 saturated heterocycles. The normalized spacial score (nSPS) is 10.8. The largest absolute Gasteiger partial charge is 0.489 e. The second-order valence-electron chi connectivity index (χ2n) is 6.62. The van der Waals surface area contributed by atoms with Crippen LogP contribution in [0.25, 0.3) is 0 Å². The first-order valence-electron chi connectivity index (χ1n) is 9.36. The van der Waals surface area contributed by atoms with Crippen molar-refractivity contribution in [1.82, 2.24) is 5.32 Å². The molecule has 0 fully saturated rings. The Balaban J connectivity index is 1.84. The van der Waals surface area contributed by atoms with E-state index < -0.39 is 0 Å². The van der Waals surface area contributed by atoms with Gasteiger partial charge in [-0.05, 0) is 43.7 Å². The molecule has 0 aliphatic heterocycles. The van der Waals surface area contributed by atoms with Crippen LogP contribution in [0.15, 0.2) is 46.9 Å². The monoisotopic (exact) mass is 403 g/mol. The van der Waals surface area contributed by atoms with Gasteiger partial charge in [0.25, 0.3) is 0 Å². The SMILES string of the molecule is CCCCCCCNCc1cc(Br)ccc1OCc1cccc(C)c1. The van der Waals surface area contributed by atoms with E-state index >= 15 is 0 Å². The van der Waals surface area contributed by atoms with Crippen LogP contribution < -0.4 is 10.1 Å². The number of hydrogen-bond donors (Lipinski definition) is 1. The molecule has 0 aliphatic carbocycles. The number of unbranched alkanes of at least 4 members (excludes halogenated alkanes) is 4. The van der Waals surface area contributed by atoms with E-state index in [0.29, 0.717) is 6.61 Å². The average Bonchev–Trinajstić information content (AvgIpc) is 2.60. The third kappa shape index (κ3) is 7.62. The summed E-state index contributed by atoms with van der Waals surface area (Å²) in [5.41, 5.74) is 3.68. The van der Waals surface area contributed by atoms with E-state index in [-0.39, 0.29) is 0 Å². The van der Waals surface area contributed by atoms with Crippen molar-refractivity contribution in [3.8, 4) is 5.75 Å². The van der Waals surface area contributed by atoms with Crippen LogP contribution in [0.4, 0.5) is 0 Å². The molecule has 2 rings (SSSR count). The lowest BCUT2D eigenvalue weighted by Crippen LogP contribution is -2.15. The van der Waals surface area contributed by atoms with Gasteiger partial charge in [-0.1, -0.05) is 78.4 Å². The number of halogens is 1. The van der Waals surface area contributed by atoms with Crippen LogP contribution in [0.5, 0.6) is 5.75 Å². The molecule has 2 aromatic rings. The second kappa shape index (κ2) is 11.3. The maximum atomic E-state index is 6.08. The molecule has 0 heterocycles. The maximum Gasteiger partial charge on any atom is 0.124 e. The predicted octanol–water partition coefficient (Wildman–Crippen LogP) is 6.40. The lowest BCUT2D eigenvalue weighted by Gasteiger charge is -2.13. The van der Waals surface area contributed by atoms with Gasteiger partial charge in [0.15, 0.2) is 0 Å². The fourth-order valence-corrected chi connectivity index (χ4v) is 3.28. The lowest BCUT2D eigenvalue weighted by atomic mass is 10.1. The van der Waals surface area contributed by atoms with Gasteiger partial charge in [0.2, 0.25) is 0 Å². The van der Waals surface area contributed by atoms with Crippen LogP contribution in [0.3, 0.4) is 0 Å². The third-order valence-corrected chi connectivity index (χ3v) is 4.77. The Hall–Kier alpha value is -1.32. The third-order valence-electron chi connectivity index (χ3n) is 4.27. The quantitative estimate of drug-likeness (QED) is 0.438. The number of ether oxygens (including phenoxy) is 1. The summed E-state index contributed by atoms with van der Waals surface area (Å²) in [5, 5.41) is 3.55. The van der Waals surface area contributed by atoms with Crippen LogP contribution in [-0.2, 0) is 13.2 Å². The molecule has 1 N–H and O–H groups in total. The first-order chi connectivity index (χ1) is 12.2. The van der Waals surface area contributed by atoms with Gasteiger partial charge in [-0.25, -0.2) is 0 Å². The molecule has 25 heavy (non-hydrogen) atoms. The lowest BCUT2D eigenvalue weighted by molar-refractivity contribution is 0.302. The van der Waals surface area contributed by atoms with Gasteiger partial charge >= 0.3 is 0 Å². The Labute approximate surface area is 161 Å². The summed E-state index contributed by atoms with van der Waals surface area (Å²) in [4.78, 5) is 0. The van der Waals surface area contributed by atoms with Crippen LogP contribution in [-0.4, -0.2) is 6.54 Å². The van der Waals surface area contributed by atoms with Crippen LogP contribution in [0, 0.1) is 6.92 Å². The summed E-state index contributed by atoms with van der Waals surface area (Å²) in [6.07, 6.45) is 6.55. The molecule has 0 spiro atoms. The van der Waals surface area contributed by atoms with Crippen molar-refractivity contribution >= 4 is 15.9 Å². The molecule has 0 radical (unpaired) electrons. The zero-order chi connectivity index (χ0) is 17.9. The molecule has 0 amide bonds. The predicted molar refractivity (Wildman–Crippen MR) is 110 cm³/mol. The van der Waals surface area contributed by atoms with Gasteiger partial charge in [-0.15, -0.1) is 0 Å². The Morgan fingerprint density at radius 3 is 2.64 bits per heavy atom. The van der Waals surface area contributed by atoms with Gasteiger partial charge in [0, 0.05) is 16.6 Å². The number of rotatable bonds is 11. The standard InChI is InChI=1S/C22H30BrNO/c1-3-4-5-6-7-13-24-16-20-15-21(23)11-12-22(20)25-17-19-10-8-9-18(2)14-19/h8-12,14-15,24H,3-7,13,16-17H2,1-2H3. The van der Waals surface area contributed by atoms with Crippen molar-refractivity contribution in [1.29, 1.82) is 0 Å². The van der Waals surface area contributed by atoms with Crippen molar-refractivity contribution < 1.29 is 4.74 Å². The van der Waals surface area contributed by atoms with Crippen molar-refractivity contribution in [2.24, 2.45) is 0 Å². The molecule has 2 aromatic carbocycles. The van der Waals surface area contributed by atoms with Crippen molar-refractivity contribution in [2.75, 3.05) is 6.54 Å². The van der Waals surface area contributed by atoms with Crippen molar-refractivity contribution in [3.05, 3.63) is 63.6 Å². The van der Waals surface area contributed by atoms with Crippen LogP contribution in [0.1, 0.15) is 55.7 Å². The molecular weight excluding hydrogens is 374 g/mol. The molecule has 136 valence electrons. The van der Waals surface area contributed by atoms with Gasteiger partial charge in [-0.3, -0.25) is 0 Å². The number of hydrogen-bond acceptors (Lipinski definition) is 2. The summed E-state index contributed by atoms with van der Waals surface area (Å²) < 4.78 is 7.18. The first-order valence-corrected chi connectivity index (χ1v) is 10.2. The van der Waals surface area contributed by atoms with Crippen molar-refractivity contribution in [2.45, 2.75) is 59.1 Å². The summed E-state index contributed by atoms with van der Waals surface area (Å²) in [7, 11) is 0. The topological polar surface area (TPSA) is 21.3 Å². The fraction of sp³-hybridized carbons (Fsp3) is 0.455. The minimum atomic E-state index is 0.604. The van der Waals surface area contributed by atoms with E-state index in [1.165, 1.54) is 48.8 Å². The Morgan fingerprint density at radius 2 is 1.84 bits per heavy atom. The summed E-state index contributed by atoms with van der Waals surface area (Å²) in [6.45, 7) is 6.88. The molecule has 0 saturated carbocycles. The summed E-state index contributed by atoms with van der Waals surface area (Å²) in [6, 6.07) is 14.7. The van der Waals surface area contributed by atoms with Crippen LogP contribution in [0.2, 0.25) is 0 Å². The van der Waals surface area contributed by atoms with Gasteiger partial charge in [0.05, 0.1) is 0 Å². The highest BCUT2D eigenvalue weighted by Gasteiger charge is 2.05. The van der Waals surface area contributed by atoms with E-state index in [2.05, 4.69) is 71.5 Å². The van der Waals surface area contributed by atoms with E-state index in [1.807, 2.05) is 6.07 Å². The maximum absolute atomic E-state index is 6.08. The highest BCUT2D eigenvalue weighted by molar-refractivity contribution is 9.10. The van der Waals surface area contributed by atoms with E-state index in [9.17, 15) is 0 Å². The molecule has 0 atom stereocenters. The molecule has 0 unspecified atom stereocenters. The Morgan fingerprint density at radius 1 is 1.00 bits per heavy atom. The Bertz CT molecular complexity index is 642.